The van der Waals surface area contributed by atoms with Gasteiger partial charge < -0.3 is 14.8 Å². The van der Waals surface area contributed by atoms with Crippen LogP contribution in [0.1, 0.15) is 68.6 Å². The lowest BCUT2D eigenvalue weighted by Crippen LogP contribution is -2.36. The highest BCUT2D eigenvalue weighted by Crippen LogP contribution is 2.47. The third-order valence-corrected chi connectivity index (χ3v) is 7.67. The summed E-state index contributed by atoms with van der Waals surface area (Å²) in [5.74, 6) is -0.200. The average molecular weight is 522 g/mol. The van der Waals surface area contributed by atoms with Crippen LogP contribution < -0.4 is 10.1 Å². The molecule has 0 bridgehead atoms. The summed E-state index contributed by atoms with van der Waals surface area (Å²) in [7, 11) is 0. The zero-order valence-electron chi connectivity index (χ0n) is 22.8. The lowest BCUT2D eigenvalue weighted by atomic mass is 9.71. The minimum atomic E-state index is -0.575. The third-order valence-electron chi connectivity index (χ3n) is 7.67. The van der Waals surface area contributed by atoms with E-state index in [1.807, 2.05) is 93.6 Å². The monoisotopic (exact) mass is 521 g/mol. The first-order valence-corrected chi connectivity index (χ1v) is 13.7. The minimum Gasteiger partial charge on any atom is -0.489 e. The lowest BCUT2D eigenvalue weighted by Gasteiger charge is -2.37. The normalized spacial score (nSPS) is 19.7. The molecule has 200 valence electrons. The fourth-order valence-corrected chi connectivity index (χ4v) is 5.50. The topological polar surface area (TPSA) is 64.6 Å². The summed E-state index contributed by atoms with van der Waals surface area (Å²) >= 11 is 0. The molecule has 1 aliphatic heterocycles. The Kier molecular flexibility index (Phi) is 7.97. The molecule has 3 aromatic carbocycles. The number of benzene rings is 3. The number of rotatable bonds is 8. The van der Waals surface area contributed by atoms with Crippen molar-refractivity contribution in [2.45, 2.75) is 64.6 Å². The van der Waals surface area contributed by atoms with Crippen LogP contribution in [0.2, 0.25) is 0 Å². The van der Waals surface area contributed by atoms with Crippen molar-refractivity contribution in [3.63, 3.8) is 0 Å². The predicted octanol–water partition coefficient (Wildman–Crippen LogP) is 6.97. The molecule has 5 rings (SSSR count). The standard InChI is InChI=1S/C34H35NO4/c1-4-22(2)39-34(37)31-23(3)35-28-19-26(25-15-9-6-10-16-25)20-29(36)33(28)32(31)27-17-11-12-18-30(27)38-21-24-13-7-5-8-14-24/h5-18,22,26,32,35H,4,19-21H2,1-3H3. The molecule has 0 radical (unpaired) electrons. The van der Waals surface area contributed by atoms with Crippen molar-refractivity contribution >= 4 is 11.8 Å². The fourth-order valence-electron chi connectivity index (χ4n) is 5.50. The number of Topliss-reactive ketones (excluding diaryl/α,β-unsaturated/α-hetero) is 1. The van der Waals surface area contributed by atoms with Crippen LogP contribution in [0.3, 0.4) is 0 Å². The van der Waals surface area contributed by atoms with Gasteiger partial charge >= 0.3 is 5.97 Å². The summed E-state index contributed by atoms with van der Waals surface area (Å²) in [5, 5.41) is 3.44. The van der Waals surface area contributed by atoms with Crippen LogP contribution >= 0.6 is 0 Å². The quantitative estimate of drug-likeness (QED) is 0.324. The molecule has 3 unspecified atom stereocenters. The summed E-state index contributed by atoms with van der Waals surface area (Å²) in [6.45, 7) is 6.15. The Hall–Kier alpha value is -4.12. The number of esters is 1. The molecule has 0 spiro atoms. The van der Waals surface area contributed by atoms with Gasteiger partial charge in [-0.25, -0.2) is 4.79 Å². The average Bonchev–Trinajstić information content (AvgIpc) is 2.96. The Balaban J connectivity index is 1.57. The van der Waals surface area contributed by atoms with Gasteiger partial charge in [-0.15, -0.1) is 0 Å². The maximum atomic E-state index is 13.9. The maximum Gasteiger partial charge on any atom is 0.337 e. The van der Waals surface area contributed by atoms with E-state index in [2.05, 4.69) is 17.4 Å². The number of dihydropyridines is 1. The van der Waals surface area contributed by atoms with Crippen molar-refractivity contribution < 1.29 is 19.1 Å². The van der Waals surface area contributed by atoms with Gasteiger partial charge in [-0.05, 0) is 49.8 Å². The molecule has 0 saturated heterocycles. The van der Waals surface area contributed by atoms with Crippen LogP contribution in [0, 0.1) is 0 Å². The van der Waals surface area contributed by atoms with E-state index in [0.717, 1.165) is 22.4 Å². The lowest BCUT2D eigenvalue weighted by molar-refractivity contribution is -0.144. The van der Waals surface area contributed by atoms with Gasteiger partial charge in [0.25, 0.3) is 0 Å². The molecular formula is C34H35NO4. The predicted molar refractivity (Wildman–Crippen MR) is 152 cm³/mol. The summed E-state index contributed by atoms with van der Waals surface area (Å²) < 4.78 is 12.1. The minimum absolute atomic E-state index is 0.0433. The third kappa shape index (κ3) is 5.68. The number of allylic oxidation sites excluding steroid dienone is 3. The van der Waals surface area contributed by atoms with Gasteiger partial charge in [0.1, 0.15) is 12.4 Å². The van der Waals surface area contributed by atoms with Crippen molar-refractivity contribution in [1.82, 2.24) is 5.32 Å². The smallest absolute Gasteiger partial charge is 0.337 e. The number of para-hydroxylation sites is 1. The van der Waals surface area contributed by atoms with E-state index in [9.17, 15) is 9.59 Å². The van der Waals surface area contributed by atoms with E-state index < -0.39 is 11.9 Å². The summed E-state index contributed by atoms with van der Waals surface area (Å²) in [6, 6.07) is 27.8. The first-order chi connectivity index (χ1) is 19.0. The zero-order valence-corrected chi connectivity index (χ0v) is 22.8. The molecule has 0 fully saturated rings. The first-order valence-electron chi connectivity index (χ1n) is 13.7. The van der Waals surface area contributed by atoms with Crippen LogP contribution in [-0.4, -0.2) is 17.9 Å². The molecular weight excluding hydrogens is 486 g/mol. The number of carbonyl (C=O) groups excluding carboxylic acids is 2. The Morgan fingerprint density at radius 1 is 0.949 bits per heavy atom. The van der Waals surface area contributed by atoms with Gasteiger partial charge in [-0.3, -0.25) is 4.79 Å². The number of hydrogen-bond acceptors (Lipinski definition) is 5. The van der Waals surface area contributed by atoms with Gasteiger partial charge in [-0.2, -0.15) is 0 Å². The molecule has 3 atom stereocenters. The number of hydrogen-bond donors (Lipinski definition) is 1. The van der Waals surface area contributed by atoms with E-state index >= 15 is 0 Å². The second-order valence-corrected chi connectivity index (χ2v) is 10.4. The second kappa shape index (κ2) is 11.7. The molecule has 3 aromatic rings. The van der Waals surface area contributed by atoms with E-state index in [-0.39, 0.29) is 17.8 Å². The van der Waals surface area contributed by atoms with Crippen molar-refractivity contribution in [1.29, 1.82) is 0 Å². The number of ether oxygens (including phenoxy) is 2. The van der Waals surface area contributed by atoms with Gasteiger partial charge in [0.05, 0.1) is 17.6 Å². The Morgan fingerprint density at radius 3 is 2.33 bits per heavy atom. The molecule has 0 saturated carbocycles. The van der Waals surface area contributed by atoms with Crippen LogP contribution in [-0.2, 0) is 20.9 Å². The molecule has 1 N–H and O–H groups in total. The van der Waals surface area contributed by atoms with Gasteiger partial charge in [0.15, 0.2) is 5.78 Å². The highest BCUT2D eigenvalue weighted by Gasteiger charge is 2.42. The Morgan fingerprint density at radius 2 is 1.62 bits per heavy atom. The molecule has 5 heteroatoms. The first kappa shape index (κ1) is 26.5. The van der Waals surface area contributed by atoms with Crippen molar-refractivity contribution in [3.8, 4) is 5.75 Å². The number of nitrogens with one attached hydrogen (secondary N) is 1. The molecule has 1 heterocycles. The number of carbonyl (C=O) groups is 2. The fraction of sp³-hybridized carbons (Fsp3) is 0.294. The van der Waals surface area contributed by atoms with E-state index in [0.29, 0.717) is 48.5 Å². The van der Waals surface area contributed by atoms with Crippen molar-refractivity contribution in [2.75, 3.05) is 0 Å². The van der Waals surface area contributed by atoms with E-state index in [4.69, 9.17) is 9.47 Å². The van der Waals surface area contributed by atoms with Crippen LogP contribution in [0.4, 0.5) is 0 Å². The summed E-state index contributed by atoms with van der Waals surface area (Å²) in [6.07, 6.45) is 1.56. The van der Waals surface area contributed by atoms with E-state index in [1.165, 1.54) is 0 Å². The molecule has 0 aromatic heterocycles. The van der Waals surface area contributed by atoms with Gasteiger partial charge in [0.2, 0.25) is 0 Å². The molecule has 5 nitrogen and oxygen atoms in total. The van der Waals surface area contributed by atoms with Crippen LogP contribution in [0.5, 0.6) is 5.75 Å². The van der Waals surface area contributed by atoms with Crippen molar-refractivity contribution in [2.24, 2.45) is 0 Å². The highest BCUT2D eigenvalue weighted by atomic mass is 16.5. The second-order valence-electron chi connectivity index (χ2n) is 10.4. The number of ketones is 1. The summed E-state index contributed by atoms with van der Waals surface area (Å²) in [4.78, 5) is 27.6. The SMILES string of the molecule is CCC(C)OC(=O)C1=C(C)NC2=C(C(=O)CC(c3ccccc3)C2)C1c1ccccc1OCc1ccccc1. The van der Waals surface area contributed by atoms with Gasteiger partial charge in [0, 0.05) is 29.0 Å². The Labute approximate surface area is 230 Å². The maximum absolute atomic E-state index is 13.9. The van der Waals surface area contributed by atoms with Crippen molar-refractivity contribution in [3.05, 3.63) is 124 Å². The Bertz CT molecular complexity index is 1410. The largest absolute Gasteiger partial charge is 0.489 e. The molecule has 39 heavy (non-hydrogen) atoms. The molecule has 1 aliphatic carbocycles. The highest BCUT2D eigenvalue weighted by molar-refractivity contribution is 6.04. The van der Waals surface area contributed by atoms with Crippen LogP contribution in [0.15, 0.2) is 107 Å². The zero-order chi connectivity index (χ0) is 27.4. The van der Waals surface area contributed by atoms with Gasteiger partial charge in [-0.1, -0.05) is 85.8 Å². The van der Waals surface area contributed by atoms with Crippen LogP contribution in [0.25, 0.3) is 0 Å². The van der Waals surface area contributed by atoms with E-state index in [1.54, 1.807) is 0 Å². The molecule has 0 amide bonds. The molecule has 2 aliphatic rings. The summed E-state index contributed by atoms with van der Waals surface area (Å²) in [5.41, 5.74) is 5.68.